The largest absolute Gasteiger partial charge is 0.468 e. The fraction of sp³-hybridized carbons (Fsp3) is 0.156. The van der Waals surface area contributed by atoms with Crippen LogP contribution in [0, 0.1) is 0 Å². The Balaban J connectivity index is 1.69. The lowest BCUT2D eigenvalue weighted by Crippen LogP contribution is -2.53. The van der Waals surface area contributed by atoms with Gasteiger partial charge in [-0.25, -0.2) is 0 Å². The van der Waals surface area contributed by atoms with Crippen molar-refractivity contribution in [1.82, 2.24) is 9.88 Å². The lowest BCUT2D eigenvalue weighted by molar-refractivity contribution is -0.143. The summed E-state index contributed by atoms with van der Waals surface area (Å²) in [4.78, 5) is 13.3. The van der Waals surface area contributed by atoms with Crippen molar-refractivity contribution in [2.24, 2.45) is 7.05 Å². The molecule has 1 aromatic heterocycles. The molecule has 0 unspecified atom stereocenters. The summed E-state index contributed by atoms with van der Waals surface area (Å²) in [6, 6.07) is 38.6. The van der Waals surface area contributed by atoms with Crippen LogP contribution in [0.2, 0.25) is 0 Å². The van der Waals surface area contributed by atoms with Crippen LogP contribution in [-0.2, 0) is 28.5 Å². The summed E-state index contributed by atoms with van der Waals surface area (Å²) >= 11 is 0. The molecule has 0 saturated heterocycles. The maximum Gasteiger partial charge on any atom is 0.323 e. The smallest absolute Gasteiger partial charge is 0.323 e. The zero-order valence-corrected chi connectivity index (χ0v) is 20.6. The number of benzene rings is 4. The quantitative estimate of drug-likeness (QED) is 0.227. The van der Waals surface area contributed by atoms with Gasteiger partial charge in [0.25, 0.3) is 0 Å². The van der Waals surface area contributed by atoms with Crippen LogP contribution in [0.15, 0.2) is 121 Å². The molecule has 4 aromatic carbocycles. The number of ether oxygens (including phenoxy) is 1. The Morgan fingerprint density at radius 3 is 1.75 bits per heavy atom. The molecular weight excluding hydrogens is 444 g/mol. The number of hydrogen-bond acceptors (Lipinski definition) is 3. The average Bonchev–Trinajstić information content (AvgIpc) is 3.27. The molecule has 0 fully saturated rings. The number of rotatable bonds is 8. The molecule has 0 radical (unpaired) electrons. The van der Waals surface area contributed by atoms with E-state index in [0.29, 0.717) is 6.42 Å². The van der Waals surface area contributed by atoms with Gasteiger partial charge in [0.1, 0.15) is 6.04 Å². The Morgan fingerprint density at radius 1 is 0.778 bits per heavy atom. The summed E-state index contributed by atoms with van der Waals surface area (Å²) in [6.07, 6.45) is 2.60. The van der Waals surface area contributed by atoms with Crippen LogP contribution in [0.5, 0.6) is 0 Å². The SMILES string of the molecule is COC(=O)[C@@H](Cc1cn(C)c2ccccc12)NC(c1ccccc1)(c1ccccc1)c1ccccc1. The molecule has 0 bridgehead atoms. The van der Waals surface area contributed by atoms with E-state index in [1.165, 1.54) is 7.11 Å². The number of aryl methyl sites for hydroxylation is 1. The molecule has 4 nitrogen and oxygen atoms in total. The van der Waals surface area contributed by atoms with Crippen LogP contribution < -0.4 is 5.32 Å². The van der Waals surface area contributed by atoms with E-state index in [9.17, 15) is 4.79 Å². The minimum Gasteiger partial charge on any atom is -0.468 e. The molecule has 0 aliphatic carbocycles. The number of aromatic nitrogens is 1. The summed E-state index contributed by atoms with van der Waals surface area (Å²) < 4.78 is 7.46. The first kappa shape index (κ1) is 23.6. The van der Waals surface area contributed by atoms with E-state index in [4.69, 9.17) is 4.74 Å². The zero-order valence-electron chi connectivity index (χ0n) is 20.6. The second kappa shape index (κ2) is 10.2. The second-order valence-corrected chi connectivity index (χ2v) is 9.05. The third kappa shape index (κ3) is 4.32. The normalized spacial score (nSPS) is 12.4. The van der Waals surface area contributed by atoms with E-state index in [-0.39, 0.29) is 5.97 Å². The van der Waals surface area contributed by atoms with Gasteiger partial charge in [0.15, 0.2) is 0 Å². The number of fused-ring (bicyclic) bond motifs is 1. The van der Waals surface area contributed by atoms with Crippen LogP contribution >= 0.6 is 0 Å². The predicted molar refractivity (Wildman–Crippen MR) is 145 cm³/mol. The Kier molecular flexibility index (Phi) is 6.70. The highest BCUT2D eigenvalue weighted by Crippen LogP contribution is 2.38. The minimum atomic E-state index is -0.771. The number of methoxy groups -OCH3 is 1. The van der Waals surface area contributed by atoms with Crippen molar-refractivity contribution in [1.29, 1.82) is 0 Å². The number of carbonyl (C=O) groups is 1. The van der Waals surface area contributed by atoms with Crippen molar-refractivity contribution in [2.75, 3.05) is 7.11 Å². The van der Waals surface area contributed by atoms with Crippen molar-refractivity contribution >= 4 is 16.9 Å². The van der Waals surface area contributed by atoms with Crippen LogP contribution in [0.25, 0.3) is 10.9 Å². The Bertz CT molecular complexity index is 1350. The van der Waals surface area contributed by atoms with Gasteiger partial charge in [0.05, 0.1) is 12.6 Å². The van der Waals surface area contributed by atoms with Gasteiger partial charge < -0.3 is 9.30 Å². The highest BCUT2D eigenvalue weighted by molar-refractivity contribution is 5.85. The molecule has 1 N–H and O–H groups in total. The van der Waals surface area contributed by atoms with E-state index >= 15 is 0 Å². The highest BCUT2D eigenvalue weighted by Gasteiger charge is 2.40. The first-order chi connectivity index (χ1) is 17.6. The van der Waals surface area contributed by atoms with Crippen molar-refractivity contribution in [3.8, 4) is 0 Å². The molecule has 36 heavy (non-hydrogen) atoms. The molecule has 5 rings (SSSR count). The molecule has 5 aromatic rings. The van der Waals surface area contributed by atoms with E-state index in [1.54, 1.807) is 0 Å². The van der Waals surface area contributed by atoms with Gasteiger partial charge in [0, 0.05) is 30.6 Å². The van der Waals surface area contributed by atoms with Gasteiger partial charge in [0.2, 0.25) is 0 Å². The standard InChI is InChI=1S/C32H30N2O2/c1-34-23-24(28-20-12-13-21-30(28)34)22-29(31(35)36-2)33-32(25-14-6-3-7-15-25,26-16-8-4-9-17-26)27-18-10-5-11-19-27/h3-21,23,29,33H,22H2,1-2H3/t29-/m1/s1. The summed E-state index contributed by atoms with van der Waals surface area (Å²) in [5, 5.41) is 4.95. The monoisotopic (exact) mass is 474 g/mol. The molecule has 4 heteroatoms. The van der Waals surface area contributed by atoms with Crippen molar-refractivity contribution in [2.45, 2.75) is 18.0 Å². The molecule has 0 amide bonds. The van der Waals surface area contributed by atoms with E-state index < -0.39 is 11.6 Å². The Labute approximate surface area is 212 Å². The van der Waals surface area contributed by atoms with Crippen LogP contribution in [-0.4, -0.2) is 23.7 Å². The number of nitrogens with zero attached hydrogens (tertiary/aromatic N) is 1. The third-order valence-electron chi connectivity index (χ3n) is 6.90. The Morgan fingerprint density at radius 2 is 1.25 bits per heavy atom. The third-order valence-corrected chi connectivity index (χ3v) is 6.90. The van der Waals surface area contributed by atoms with Gasteiger partial charge in [-0.2, -0.15) is 0 Å². The van der Waals surface area contributed by atoms with Gasteiger partial charge in [-0.15, -0.1) is 0 Å². The van der Waals surface area contributed by atoms with Crippen molar-refractivity contribution in [3.63, 3.8) is 0 Å². The van der Waals surface area contributed by atoms with Gasteiger partial charge in [-0.1, -0.05) is 109 Å². The molecule has 180 valence electrons. The first-order valence-electron chi connectivity index (χ1n) is 12.2. The lowest BCUT2D eigenvalue weighted by atomic mass is 9.76. The predicted octanol–water partition coefficient (Wildman–Crippen LogP) is 5.84. The van der Waals surface area contributed by atoms with E-state index in [0.717, 1.165) is 33.2 Å². The van der Waals surface area contributed by atoms with Crippen molar-refractivity contribution < 1.29 is 9.53 Å². The van der Waals surface area contributed by atoms with Crippen LogP contribution in [0.3, 0.4) is 0 Å². The summed E-state index contributed by atoms with van der Waals surface area (Å²) in [7, 11) is 3.49. The topological polar surface area (TPSA) is 43.3 Å². The molecule has 0 aliphatic rings. The van der Waals surface area contributed by atoms with Crippen molar-refractivity contribution in [3.05, 3.63) is 144 Å². The molecule has 1 atom stereocenters. The number of nitrogens with one attached hydrogen (secondary N) is 1. The van der Waals surface area contributed by atoms with Crippen LogP contribution in [0.4, 0.5) is 0 Å². The van der Waals surface area contributed by atoms with Gasteiger partial charge in [-0.3, -0.25) is 10.1 Å². The molecular formula is C32H30N2O2. The summed E-state index contributed by atoms with van der Waals surface area (Å²) in [6.45, 7) is 0. The number of carbonyl (C=O) groups excluding carboxylic acids is 1. The number of hydrogen-bond donors (Lipinski definition) is 1. The first-order valence-corrected chi connectivity index (χ1v) is 12.2. The second-order valence-electron chi connectivity index (χ2n) is 9.05. The molecule has 0 aliphatic heterocycles. The zero-order chi connectivity index (χ0) is 25.0. The van der Waals surface area contributed by atoms with Gasteiger partial charge >= 0.3 is 5.97 Å². The Hall–Kier alpha value is -4.15. The highest BCUT2D eigenvalue weighted by atomic mass is 16.5. The van der Waals surface area contributed by atoms with E-state index in [2.05, 4.69) is 64.6 Å². The maximum absolute atomic E-state index is 13.3. The minimum absolute atomic E-state index is 0.296. The molecule has 0 saturated carbocycles. The van der Waals surface area contributed by atoms with Gasteiger partial charge in [-0.05, 0) is 28.3 Å². The molecule has 1 heterocycles. The van der Waals surface area contributed by atoms with E-state index in [1.807, 2.05) is 73.8 Å². The fourth-order valence-corrected chi connectivity index (χ4v) is 5.22. The lowest BCUT2D eigenvalue weighted by Gasteiger charge is -2.39. The fourth-order valence-electron chi connectivity index (χ4n) is 5.22. The summed E-state index contributed by atoms with van der Waals surface area (Å²) in [5.74, 6) is -0.296. The van der Waals surface area contributed by atoms with Crippen LogP contribution in [0.1, 0.15) is 22.3 Å². The maximum atomic E-state index is 13.3. The number of esters is 1. The average molecular weight is 475 g/mol. The molecule has 0 spiro atoms. The summed E-state index contributed by atoms with van der Waals surface area (Å²) in [5.41, 5.74) is 4.61. The number of para-hydroxylation sites is 1.